The molecule has 1 fully saturated rings. The highest BCUT2D eigenvalue weighted by Gasteiger charge is 2.33. The molecule has 0 radical (unpaired) electrons. The molecule has 1 saturated heterocycles. The summed E-state index contributed by atoms with van der Waals surface area (Å²) in [4.78, 5) is 19.5. The SMILES string of the molecule is CC(OC(=O)C(c1ccccc1)N1CCCC1)c1nc2ccccc2n1C(F)F. The number of imidazole rings is 1. The lowest BCUT2D eigenvalue weighted by Crippen LogP contribution is -2.33. The number of ether oxygens (including phenoxy) is 1. The van der Waals surface area contributed by atoms with E-state index in [1.807, 2.05) is 30.3 Å². The van der Waals surface area contributed by atoms with Gasteiger partial charge in [0.25, 0.3) is 0 Å². The Morgan fingerprint density at radius 3 is 2.38 bits per heavy atom. The molecular weight excluding hydrogens is 376 g/mol. The number of para-hydroxylation sites is 2. The normalized spacial score (nSPS) is 17.0. The first kappa shape index (κ1) is 19.5. The van der Waals surface area contributed by atoms with Crippen molar-refractivity contribution in [2.24, 2.45) is 0 Å². The van der Waals surface area contributed by atoms with Crippen LogP contribution in [-0.4, -0.2) is 33.5 Å². The van der Waals surface area contributed by atoms with Crippen molar-refractivity contribution in [3.05, 3.63) is 66.0 Å². The first-order chi connectivity index (χ1) is 14.1. The average molecular weight is 399 g/mol. The van der Waals surface area contributed by atoms with Gasteiger partial charge in [0.15, 0.2) is 11.9 Å². The molecule has 1 aliphatic rings. The maximum Gasteiger partial charge on any atom is 0.328 e. The van der Waals surface area contributed by atoms with Crippen molar-refractivity contribution in [3.8, 4) is 0 Å². The van der Waals surface area contributed by atoms with Crippen LogP contribution in [0.5, 0.6) is 0 Å². The van der Waals surface area contributed by atoms with Gasteiger partial charge in [-0.1, -0.05) is 42.5 Å². The van der Waals surface area contributed by atoms with Crippen LogP contribution in [0.4, 0.5) is 8.78 Å². The van der Waals surface area contributed by atoms with Gasteiger partial charge in [-0.15, -0.1) is 0 Å². The zero-order chi connectivity index (χ0) is 20.4. The first-order valence-corrected chi connectivity index (χ1v) is 9.81. The molecule has 2 atom stereocenters. The standard InChI is InChI=1S/C22H23F2N3O2/c1-15(20-25-17-11-5-6-12-18(17)27(20)22(23)24)29-21(28)19(26-13-7-8-14-26)16-9-3-2-4-10-16/h2-6,9-12,15,19,22H,7-8,13-14H2,1H3. The van der Waals surface area contributed by atoms with Crippen LogP contribution in [0.1, 0.15) is 49.8 Å². The highest BCUT2D eigenvalue weighted by Crippen LogP contribution is 2.31. The molecule has 7 heteroatoms. The van der Waals surface area contributed by atoms with Crippen molar-refractivity contribution in [3.63, 3.8) is 0 Å². The third-order valence-electron chi connectivity index (χ3n) is 5.32. The van der Waals surface area contributed by atoms with Crippen LogP contribution in [-0.2, 0) is 9.53 Å². The van der Waals surface area contributed by atoms with E-state index in [-0.39, 0.29) is 5.82 Å². The van der Waals surface area contributed by atoms with E-state index >= 15 is 0 Å². The van der Waals surface area contributed by atoms with Crippen LogP contribution in [0.3, 0.4) is 0 Å². The number of esters is 1. The van der Waals surface area contributed by atoms with Gasteiger partial charge in [-0.05, 0) is 50.6 Å². The van der Waals surface area contributed by atoms with Gasteiger partial charge < -0.3 is 4.74 Å². The van der Waals surface area contributed by atoms with E-state index in [2.05, 4.69) is 9.88 Å². The molecule has 0 amide bonds. The van der Waals surface area contributed by atoms with Gasteiger partial charge in [-0.25, -0.2) is 9.78 Å². The smallest absolute Gasteiger partial charge is 0.328 e. The van der Waals surface area contributed by atoms with Gasteiger partial charge in [0.2, 0.25) is 0 Å². The number of halogens is 2. The quantitative estimate of drug-likeness (QED) is 0.555. The van der Waals surface area contributed by atoms with Gasteiger partial charge in [-0.3, -0.25) is 9.47 Å². The predicted octanol–water partition coefficient (Wildman–Crippen LogP) is 4.87. The van der Waals surface area contributed by atoms with Gasteiger partial charge in [0.05, 0.1) is 11.0 Å². The third kappa shape index (κ3) is 3.87. The molecule has 2 aromatic carbocycles. The fraction of sp³-hybridized carbons (Fsp3) is 0.364. The highest BCUT2D eigenvalue weighted by molar-refractivity contribution is 5.79. The van der Waals surface area contributed by atoms with E-state index < -0.39 is 24.7 Å². The second-order valence-electron chi connectivity index (χ2n) is 7.24. The Balaban J connectivity index is 1.63. The molecule has 152 valence electrons. The lowest BCUT2D eigenvalue weighted by Gasteiger charge is -2.27. The molecule has 29 heavy (non-hydrogen) atoms. The molecule has 2 unspecified atom stereocenters. The Kier molecular flexibility index (Phi) is 5.58. The lowest BCUT2D eigenvalue weighted by molar-refractivity contribution is -0.155. The van der Waals surface area contributed by atoms with E-state index in [0.29, 0.717) is 11.0 Å². The van der Waals surface area contributed by atoms with E-state index in [1.54, 1.807) is 31.2 Å². The summed E-state index contributed by atoms with van der Waals surface area (Å²) in [7, 11) is 0. The number of alkyl halides is 2. The summed E-state index contributed by atoms with van der Waals surface area (Å²) in [6.07, 6.45) is 1.14. The van der Waals surface area contributed by atoms with Crippen molar-refractivity contribution in [2.45, 2.75) is 38.5 Å². The molecule has 0 spiro atoms. The minimum absolute atomic E-state index is 0.0442. The molecule has 4 rings (SSSR count). The number of nitrogens with zero attached hydrogens (tertiary/aromatic N) is 3. The topological polar surface area (TPSA) is 47.4 Å². The van der Waals surface area contributed by atoms with Crippen LogP contribution in [0.2, 0.25) is 0 Å². The van der Waals surface area contributed by atoms with Crippen LogP contribution in [0, 0.1) is 0 Å². The number of carbonyl (C=O) groups excluding carboxylic acids is 1. The Morgan fingerprint density at radius 1 is 1.03 bits per heavy atom. The largest absolute Gasteiger partial charge is 0.453 e. The first-order valence-electron chi connectivity index (χ1n) is 9.81. The molecule has 5 nitrogen and oxygen atoms in total. The molecule has 2 heterocycles. The number of hydrogen-bond donors (Lipinski definition) is 0. The van der Waals surface area contributed by atoms with Crippen LogP contribution >= 0.6 is 0 Å². The van der Waals surface area contributed by atoms with E-state index in [9.17, 15) is 13.6 Å². The van der Waals surface area contributed by atoms with Crippen molar-refractivity contribution in [2.75, 3.05) is 13.1 Å². The summed E-state index contributed by atoms with van der Waals surface area (Å²) in [6, 6.07) is 15.6. The van der Waals surface area contributed by atoms with Gasteiger partial charge >= 0.3 is 12.5 Å². The van der Waals surface area contributed by atoms with Gasteiger partial charge in [-0.2, -0.15) is 8.78 Å². The summed E-state index contributed by atoms with van der Waals surface area (Å²) in [6.45, 7) is 0.420. The van der Waals surface area contributed by atoms with E-state index in [4.69, 9.17) is 4.74 Å². The van der Waals surface area contributed by atoms with E-state index in [0.717, 1.165) is 36.1 Å². The lowest BCUT2D eigenvalue weighted by atomic mass is 10.1. The van der Waals surface area contributed by atoms with Gasteiger partial charge in [0, 0.05) is 0 Å². The fourth-order valence-electron chi connectivity index (χ4n) is 3.98. The predicted molar refractivity (Wildman–Crippen MR) is 105 cm³/mol. The minimum Gasteiger partial charge on any atom is -0.453 e. The third-order valence-corrected chi connectivity index (χ3v) is 5.32. The Bertz CT molecular complexity index is 984. The summed E-state index contributed by atoms with van der Waals surface area (Å²) >= 11 is 0. The summed E-state index contributed by atoms with van der Waals surface area (Å²) in [5.41, 5.74) is 1.61. The summed E-state index contributed by atoms with van der Waals surface area (Å²) < 4.78 is 34.0. The average Bonchev–Trinajstić information content (AvgIpc) is 3.36. The van der Waals surface area contributed by atoms with Crippen molar-refractivity contribution in [1.29, 1.82) is 0 Å². The number of benzene rings is 2. The van der Waals surface area contributed by atoms with Crippen molar-refractivity contribution < 1.29 is 18.3 Å². The number of hydrogen-bond acceptors (Lipinski definition) is 4. The zero-order valence-corrected chi connectivity index (χ0v) is 16.2. The molecule has 1 aromatic heterocycles. The van der Waals surface area contributed by atoms with Crippen LogP contribution in [0.25, 0.3) is 11.0 Å². The number of fused-ring (bicyclic) bond motifs is 1. The van der Waals surface area contributed by atoms with Crippen molar-refractivity contribution in [1.82, 2.24) is 14.5 Å². The maximum absolute atomic E-state index is 13.7. The maximum atomic E-state index is 13.7. The monoisotopic (exact) mass is 399 g/mol. The Hall–Kier alpha value is -2.80. The van der Waals surface area contributed by atoms with Crippen LogP contribution in [0.15, 0.2) is 54.6 Å². The van der Waals surface area contributed by atoms with Crippen molar-refractivity contribution >= 4 is 17.0 Å². The number of likely N-dealkylation sites (tertiary alicyclic amines) is 1. The molecule has 0 saturated carbocycles. The highest BCUT2D eigenvalue weighted by atomic mass is 19.3. The molecule has 0 N–H and O–H groups in total. The summed E-state index contributed by atoms with van der Waals surface area (Å²) in [5, 5.41) is 0. The van der Waals surface area contributed by atoms with E-state index in [1.165, 1.54) is 0 Å². The molecule has 0 bridgehead atoms. The summed E-state index contributed by atoms with van der Waals surface area (Å²) in [5.74, 6) is -0.402. The van der Waals surface area contributed by atoms with Crippen LogP contribution < -0.4 is 0 Å². The van der Waals surface area contributed by atoms with Gasteiger partial charge in [0.1, 0.15) is 6.04 Å². The number of aromatic nitrogens is 2. The minimum atomic E-state index is -2.78. The molecular formula is C22H23F2N3O2. The Labute approximate surface area is 167 Å². The second-order valence-corrected chi connectivity index (χ2v) is 7.24. The molecule has 0 aliphatic carbocycles. The second kappa shape index (κ2) is 8.29. The molecule has 1 aliphatic heterocycles. The Morgan fingerprint density at radius 2 is 1.69 bits per heavy atom. The zero-order valence-electron chi connectivity index (χ0n) is 16.2. The number of carbonyl (C=O) groups is 1. The molecule has 3 aromatic rings. The fourth-order valence-corrected chi connectivity index (χ4v) is 3.98. The number of rotatable bonds is 6.